The van der Waals surface area contributed by atoms with Crippen molar-refractivity contribution in [3.8, 4) is 0 Å². The predicted molar refractivity (Wildman–Crippen MR) is 75.3 cm³/mol. The Labute approximate surface area is 112 Å². The van der Waals surface area contributed by atoms with Crippen LogP contribution in [-0.2, 0) is 9.53 Å². The van der Waals surface area contributed by atoms with Gasteiger partial charge in [-0.05, 0) is 37.5 Å². The van der Waals surface area contributed by atoms with Gasteiger partial charge in [0.15, 0.2) is 0 Å². The van der Waals surface area contributed by atoms with Crippen LogP contribution in [0.25, 0.3) is 0 Å². The lowest BCUT2D eigenvalue weighted by Crippen LogP contribution is -2.37. The van der Waals surface area contributed by atoms with Crippen LogP contribution < -0.4 is 0 Å². The molecular weight excluding hydrogens is 224 g/mol. The molecule has 0 spiro atoms. The molecule has 2 atom stereocenters. The minimum absolute atomic E-state index is 0.0906. The second kappa shape index (κ2) is 6.40. The summed E-state index contributed by atoms with van der Waals surface area (Å²) >= 11 is 0. The minimum Gasteiger partial charge on any atom is -0.459 e. The molecule has 0 saturated heterocycles. The number of hydrogen-bond acceptors (Lipinski definition) is 2. The average molecular weight is 252 g/mol. The molecule has 2 nitrogen and oxygen atoms in total. The molecule has 1 saturated carbocycles. The fourth-order valence-electron chi connectivity index (χ4n) is 3.20. The number of esters is 1. The van der Waals surface area contributed by atoms with Crippen LogP contribution in [0.1, 0.15) is 66.2 Å². The van der Waals surface area contributed by atoms with Crippen molar-refractivity contribution in [1.82, 2.24) is 0 Å². The zero-order valence-corrected chi connectivity index (χ0v) is 12.4. The molecule has 0 aromatic rings. The van der Waals surface area contributed by atoms with Gasteiger partial charge in [0.1, 0.15) is 6.10 Å². The number of carbonyl (C=O) groups is 1. The van der Waals surface area contributed by atoms with Gasteiger partial charge in [-0.1, -0.05) is 46.6 Å². The average Bonchev–Trinajstić information content (AvgIpc) is 2.37. The zero-order valence-electron chi connectivity index (χ0n) is 12.4. The highest BCUT2D eigenvalue weighted by molar-refractivity contribution is 5.87. The van der Waals surface area contributed by atoms with Crippen molar-refractivity contribution in [2.45, 2.75) is 72.3 Å². The highest BCUT2D eigenvalue weighted by atomic mass is 16.5. The van der Waals surface area contributed by atoms with E-state index in [0.717, 1.165) is 12.8 Å². The Morgan fingerprint density at radius 3 is 2.33 bits per heavy atom. The van der Waals surface area contributed by atoms with Crippen molar-refractivity contribution in [3.05, 3.63) is 12.2 Å². The van der Waals surface area contributed by atoms with Gasteiger partial charge in [-0.25, -0.2) is 4.79 Å². The first-order chi connectivity index (χ1) is 8.46. The summed E-state index contributed by atoms with van der Waals surface area (Å²) in [4.78, 5) is 11.7. The van der Waals surface area contributed by atoms with Gasteiger partial charge in [-0.2, -0.15) is 0 Å². The van der Waals surface area contributed by atoms with Crippen LogP contribution in [0.2, 0.25) is 0 Å². The number of ether oxygens (including phenoxy) is 1. The van der Waals surface area contributed by atoms with Crippen molar-refractivity contribution in [2.75, 3.05) is 0 Å². The Morgan fingerprint density at radius 2 is 1.89 bits per heavy atom. The molecule has 0 N–H and O–H groups in total. The topological polar surface area (TPSA) is 26.3 Å². The summed E-state index contributed by atoms with van der Waals surface area (Å²) < 4.78 is 5.61. The van der Waals surface area contributed by atoms with E-state index in [4.69, 9.17) is 4.74 Å². The Balaban J connectivity index is 2.73. The molecule has 0 heterocycles. The lowest BCUT2D eigenvalue weighted by Gasteiger charge is -2.43. The molecule has 2 unspecified atom stereocenters. The van der Waals surface area contributed by atoms with Gasteiger partial charge in [0.2, 0.25) is 0 Å². The molecule has 1 rings (SSSR count). The van der Waals surface area contributed by atoms with Gasteiger partial charge in [0.25, 0.3) is 0 Å². The van der Waals surface area contributed by atoms with Crippen molar-refractivity contribution in [3.63, 3.8) is 0 Å². The van der Waals surface area contributed by atoms with Gasteiger partial charge < -0.3 is 4.74 Å². The van der Waals surface area contributed by atoms with Gasteiger partial charge >= 0.3 is 5.97 Å². The molecule has 1 aliphatic rings. The predicted octanol–water partition coefficient (Wildman–Crippen LogP) is 4.49. The second-order valence-corrected chi connectivity index (χ2v) is 5.93. The molecule has 0 aromatic heterocycles. The number of rotatable bonds is 5. The maximum Gasteiger partial charge on any atom is 0.333 e. The molecule has 1 fully saturated rings. The third kappa shape index (κ3) is 3.60. The maximum atomic E-state index is 11.7. The SMILES string of the molecule is C=C(C)C(=O)OC1CC(CC)CC(CC)(CC)C1. The molecule has 104 valence electrons. The zero-order chi connectivity index (χ0) is 13.8. The lowest BCUT2D eigenvalue weighted by atomic mass is 9.65. The van der Waals surface area contributed by atoms with E-state index in [9.17, 15) is 4.79 Å². The molecule has 0 aromatic carbocycles. The van der Waals surface area contributed by atoms with E-state index >= 15 is 0 Å². The first kappa shape index (κ1) is 15.3. The Bertz CT molecular complexity index is 302. The molecule has 2 heteroatoms. The standard InChI is InChI=1S/C16H28O2/c1-6-13-9-14(18-15(17)12(4)5)11-16(7-2,8-3)10-13/h13-14H,4,6-11H2,1-3,5H3. The monoisotopic (exact) mass is 252 g/mol. The van der Waals surface area contributed by atoms with Gasteiger partial charge in [0.05, 0.1) is 0 Å². The third-order valence-electron chi connectivity index (χ3n) is 4.68. The van der Waals surface area contributed by atoms with Crippen LogP contribution in [0.15, 0.2) is 12.2 Å². The first-order valence-electron chi connectivity index (χ1n) is 7.32. The largest absolute Gasteiger partial charge is 0.459 e. The smallest absolute Gasteiger partial charge is 0.333 e. The second-order valence-electron chi connectivity index (χ2n) is 5.93. The van der Waals surface area contributed by atoms with Crippen LogP contribution in [0.5, 0.6) is 0 Å². The van der Waals surface area contributed by atoms with Gasteiger partial charge in [-0.3, -0.25) is 0 Å². The molecule has 0 aliphatic heterocycles. The van der Waals surface area contributed by atoms with E-state index in [-0.39, 0.29) is 12.1 Å². The number of carbonyl (C=O) groups excluding carboxylic acids is 1. The summed E-state index contributed by atoms with van der Waals surface area (Å²) in [5.74, 6) is 0.472. The summed E-state index contributed by atoms with van der Waals surface area (Å²) in [7, 11) is 0. The van der Waals surface area contributed by atoms with Crippen LogP contribution >= 0.6 is 0 Å². The first-order valence-corrected chi connectivity index (χ1v) is 7.32. The van der Waals surface area contributed by atoms with Gasteiger partial charge in [-0.15, -0.1) is 0 Å². The number of hydrogen-bond donors (Lipinski definition) is 0. The Kier molecular flexibility index (Phi) is 5.43. The molecular formula is C16H28O2. The lowest BCUT2D eigenvalue weighted by molar-refractivity contribution is -0.149. The highest BCUT2D eigenvalue weighted by Crippen LogP contribution is 2.46. The molecule has 0 bridgehead atoms. The summed E-state index contributed by atoms with van der Waals surface area (Å²) in [6, 6.07) is 0. The van der Waals surface area contributed by atoms with E-state index in [1.165, 1.54) is 25.7 Å². The fourth-order valence-corrected chi connectivity index (χ4v) is 3.20. The summed E-state index contributed by atoms with van der Waals surface area (Å²) in [5, 5.41) is 0. The van der Waals surface area contributed by atoms with Crippen LogP contribution in [0, 0.1) is 11.3 Å². The Morgan fingerprint density at radius 1 is 1.28 bits per heavy atom. The van der Waals surface area contributed by atoms with E-state index in [0.29, 0.717) is 16.9 Å². The van der Waals surface area contributed by atoms with E-state index in [1.807, 2.05) is 0 Å². The molecule has 0 radical (unpaired) electrons. The fraction of sp³-hybridized carbons (Fsp3) is 0.812. The Hall–Kier alpha value is -0.790. The minimum atomic E-state index is -0.224. The van der Waals surface area contributed by atoms with E-state index in [2.05, 4.69) is 27.4 Å². The van der Waals surface area contributed by atoms with Crippen molar-refractivity contribution in [1.29, 1.82) is 0 Å². The van der Waals surface area contributed by atoms with E-state index in [1.54, 1.807) is 6.92 Å². The molecule has 18 heavy (non-hydrogen) atoms. The van der Waals surface area contributed by atoms with Crippen molar-refractivity contribution < 1.29 is 9.53 Å². The third-order valence-corrected chi connectivity index (χ3v) is 4.68. The quantitative estimate of drug-likeness (QED) is 0.532. The summed E-state index contributed by atoms with van der Waals surface area (Å²) in [6.45, 7) is 12.1. The summed E-state index contributed by atoms with van der Waals surface area (Å²) in [5.41, 5.74) is 0.881. The van der Waals surface area contributed by atoms with Crippen LogP contribution in [0.3, 0.4) is 0 Å². The van der Waals surface area contributed by atoms with E-state index < -0.39 is 0 Å². The van der Waals surface area contributed by atoms with Gasteiger partial charge in [0, 0.05) is 5.57 Å². The van der Waals surface area contributed by atoms with Crippen molar-refractivity contribution in [2.24, 2.45) is 11.3 Å². The maximum absolute atomic E-state index is 11.7. The molecule has 0 amide bonds. The normalized spacial score (nSPS) is 26.7. The van der Waals surface area contributed by atoms with Crippen LogP contribution in [-0.4, -0.2) is 12.1 Å². The van der Waals surface area contributed by atoms with Crippen molar-refractivity contribution >= 4 is 5.97 Å². The van der Waals surface area contributed by atoms with Crippen LogP contribution in [0.4, 0.5) is 0 Å². The molecule has 1 aliphatic carbocycles. The highest BCUT2D eigenvalue weighted by Gasteiger charge is 2.39. The summed E-state index contributed by atoms with van der Waals surface area (Å²) in [6.07, 6.45) is 6.98.